The molecule has 24 heavy (non-hydrogen) atoms. The normalized spacial score (nSPS) is 18.9. The van der Waals surface area contributed by atoms with Crippen molar-refractivity contribution >= 4 is 22.3 Å². The highest BCUT2D eigenvalue weighted by atomic mass is 32.3. The third kappa shape index (κ3) is 2.51. The second-order valence-electron chi connectivity index (χ2n) is 5.65. The average molecular weight is 341 g/mol. The van der Waals surface area contributed by atoms with Gasteiger partial charge in [0, 0.05) is 19.0 Å². The summed E-state index contributed by atoms with van der Waals surface area (Å²) < 4.78 is 30.6. The van der Waals surface area contributed by atoms with Gasteiger partial charge < -0.3 is 9.64 Å². The zero-order valence-corrected chi connectivity index (χ0v) is 13.5. The van der Waals surface area contributed by atoms with E-state index in [2.05, 4.69) is 10.5 Å². The van der Waals surface area contributed by atoms with Crippen LogP contribution in [-0.4, -0.2) is 21.5 Å². The average Bonchev–Trinajstić information content (AvgIpc) is 3.02. The number of benzene rings is 2. The zero-order chi connectivity index (χ0) is 16.7. The molecule has 0 radical (unpaired) electrons. The highest BCUT2D eigenvalue weighted by Crippen LogP contribution is 2.58. The van der Waals surface area contributed by atoms with E-state index in [-0.39, 0.29) is 0 Å². The van der Waals surface area contributed by atoms with Crippen LogP contribution in [0, 0.1) is 11.3 Å². The minimum atomic E-state index is -3.21. The molecule has 0 aromatic heterocycles. The molecule has 1 fully saturated rings. The van der Waals surface area contributed by atoms with Gasteiger partial charge in [0.15, 0.2) is 0 Å². The standard InChI is InChI=1S/C17H15N3O3S/c18-11-12-3-1-4-13(9-12)23-14-6-7-15-16(10-14)24(21,22)19-17-5-2-8-20(15)17/h1,3-4,6-7,9-10,21-22H,2,5,8H2. The quantitative estimate of drug-likeness (QED) is 0.846. The van der Waals surface area contributed by atoms with Gasteiger partial charge in [-0.1, -0.05) is 16.8 Å². The van der Waals surface area contributed by atoms with Crippen molar-refractivity contribution in [3.8, 4) is 17.6 Å². The molecule has 0 aliphatic carbocycles. The van der Waals surface area contributed by atoms with Crippen LogP contribution in [0.2, 0.25) is 0 Å². The van der Waals surface area contributed by atoms with Gasteiger partial charge in [0.2, 0.25) is 0 Å². The van der Waals surface area contributed by atoms with E-state index in [1.807, 2.05) is 11.0 Å². The molecule has 0 unspecified atom stereocenters. The van der Waals surface area contributed by atoms with E-state index in [0.29, 0.717) is 22.0 Å². The molecule has 0 spiro atoms. The molecule has 0 saturated carbocycles. The number of ether oxygens (including phenoxy) is 1. The summed E-state index contributed by atoms with van der Waals surface area (Å²) in [6, 6.07) is 14.1. The van der Waals surface area contributed by atoms with E-state index in [9.17, 15) is 9.11 Å². The van der Waals surface area contributed by atoms with Gasteiger partial charge in [-0.2, -0.15) is 5.26 Å². The Bertz CT molecular complexity index is 889. The van der Waals surface area contributed by atoms with E-state index in [1.165, 1.54) is 0 Å². The van der Waals surface area contributed by atoms with Gasteiger partial charge in [0.1, 0.15) is 22.2 Å². The van der Waals surface area contributed by atoms with Crippen LogP contribution in [0.4, 0.5) is 5.69 Å². The summed E-state index contributed by atoms with van der Waals surface area (Å²) >= 11 is 0. The molecule has 0 atom stereocenters. The van der Waals surface area contributed by atoms with Crippen LogP contribution in [0.25, 0.3) is 0 Å². The first kappa shape index (κ1) is 15.0. The molecule has 1 saturated heterocycles. The van der Waals surface area contributed by atoms with Gasteiger partial charge in [0.05, 0.1) is 17.3 Å². The van der Waals surface area contributed by atoms with Gasteiger partial charge >= 0.3 is 0 Å². The van der Waals surface area contributed by atoms with Gasteiger partial charge in [-0.15, -0.1) is 4.40 Å². The number of fused-ring (bicyclic) bond motifs is 3. The second kappa shape index (κ2) is 5.53. The number of hydrogen-bond acceptors (Lipinski definition) is 6. The Kier molecular flexibility index (Phi) is 3.46. The van der Waals surface area contributed by atoms with Crippen LogP contribution in [-0.2, 0) is 0 Å². The molecule has 7 heteroatoms. The fourth-order valence-electron chi connectivity index (χ4n) is 2.98. The summed E-state index contributed by atoms with van der Waals surface area (Å²) in [6.07, 6.45) is 1.71. The van der Waals surface area contributed by atoms with Crippen LogP contribution in [0.5, 0.6) is 11.5 Å². The van der Waals surface area contributed by atoms with Gasteiger partial charge in [-0.05, 0) is 36.8 Å². The number of nitriles is 1. The topological polar surface area (TPSA) is 89.1 Å². The summed E-state index contributed by atoms with van der Waals surface area (Å²) in [5.41, 5.74) is 1.27. The molecule has 2 aliphatic rings. The largest absolute Gasteiger partial charge is 0.457 e. The molecule has 0 amide bonds. The maximum Gasteiger partial charge on any atom is 0.129 e. The van der Waals surface area contributed by atoms with E-state index >= 15 is 0 Å². The van der Waals surface area contributed by atoms with Gasteiger partial charge in [-0.3, -0.25) is 9.11 Å². The van der Waals surface area contributed by atoms with Crippen molar-refractivity contribution in [3.63, 3.8) is 0 Å². The summed E-state index contributed by atoms with van der Waals surface area (Å²) in [7, 11) is -3.21. The Labute approximate surface area is 141 Å². The van der Waals surface area contributed by atoms with Crippen molar-refractivity contribution in [2.75, 3.05) is 11.4 Å². The minimum absolute atomic E-state index is 0.377. The highest BCUT2D eigenvalue weighted by Gasteiger charge is 2.34. The SMILES string of the molecule is N#Cc1cccc(Oc2ccc3c(c2)S(O)(O)N=C2CCCN23)c1. The van der Waals surface area contributed by atoms with Crippen molar-refractivity contribution in [1.82, 2.24) is 0 Å². The smallest absolute Gasteiger partial charge is 0.129 e. The maximum atomic E-state index is 10.4. The van der Waals surface area contributed by atoms with E-state index in [4.69, 9.17) is 10.00 Å². The molecule has 2 heterocycles. The second-order valence-corrected chi connectivity index (χ2v) is 7.31. The lowest BCUT2D eigenvalue weighted by Gasteiger charge is -2.37. The minimum Gasteiger partial charge on any atom is -0.457 e. The van der Waals surface area contributed by atoms with Crippen molar-refractivity contribution in [2.24, 2.45) is 4.40 Å². The molecule has 122 valence electrons. The molecular weight excluding hydrogens is 326 g/mol. The Morgan fingerprint density at radius 1 is 1.17 bits per heavy atom. The molecule has 0 bridgehead atoms. The summed E-state index contributed by atoms with van der Waals surface area (Å²) in [5.74, 6) is 1.73. The van der Waals surface area contributed by atoms with Crippen molar-refractivity contribution in [1.29, 1.82) is 5.26 Å². The highest BCUT2D eigenvalue weighted by molar-refractivity contribution is 8.23. The fourth-order valence-corrected chi connectivity index (χ4v) is 4.29. The van der Waals surface area contributed by atoms with E-state index < -0.39 is 10.8 Å². The van der Waals surface area contributed by atoms with E-state index in [0.717, 1.165) is 30.9 Å². The Balaban J connectivity index is 1.70. The van der Waals surface area contributed by atoms with Crippen molar-refractivity contribution in [3.05, 3.63) is 48.0 Å². The first-order valence-electron chi connectivity index (χ1n) is 7.53. The lowest BCUT2D eigenvalue weighted by molar-refractivity contribution is 0.473. The van der Waals surface area contributed by atoms with Crippen LogP contribution in [0.3, 0.4) is 0 Å². The number of amidine groups is 1. The monoisotopic (exact) mass is 341 g/mol. The Hall–Kier alpha value is -2.53. The molecule has 2 aromatic rings. The third-order valence-corrected chi connectivity index (χ3v) is 5.42. The lowest BCUT2D eigenvalue weighted by atomic mass is 10.2. The Morgan fingerprint density at radius 3 is 2.83 bits per heavy atom. The number of hydrogen-bond donors (Lipinski definition) is 2. The van der Waals surface area contributed by atoms with E-state index in [1.54, 1.807) is 36.4 Å². The first-order valence-corrected chi connectivity index (χ1v) is 9.04. The predicted octanol–water partition coefficient (Wildman–Crippen LogP) is 4.39. The van der Waals surface area contributed by atoms with Crippen LogP contribution >= 0.6 is 10.8 Å². The zero-order valence-electron chi connectivity index (χ0n) is 12.7. The molecule has 2 aromatic carbocycles. The molecule has 6 nitrogen and oxygen atoms in total. The molecule has 2 N–H and O–H groups in total. The molecule has 2 aliphatic heterocycles. The molecule has 4 rings (SSSR count). The van der Waals surface area contributed by atoms with Crippen molar-refractivity contribution in [2.45, 2.75) is 17.7 Å². The number of nitrogens with zero attached hydrogens (tertiary/aromatic N) is 3. The summed E-state index contributed by atoms with van der Waals surface area (Å²) in [5, 5.41) is 8.95. The summed E-state index contributed by atoms with van der Waals surface area (Å²) in [4.78, 5) is 2.40. The van der Waals surface area contributed by atoms with Gasteiger partial charge in [-0.25, -0.2) is 0 Å². The Morgan fingerprint density at radius 2 is 2.00 bits per heavy atom. The fraction of sp³-hybridized carbons (Fsp3) is 0.176. The van der Waals surface area contributed by atoms with Crippen LogP contribution in [0.15, 0.2) is 51.8 Å². The molecular formula is C17H15N3O3S. The van der Waals surface area contributed by atoms with Crippen LogP contribution < -0.4 is 9.64 Å². The number of rotatable bonds is 2. The lowest BCUT2D eigenvalue weighted by Crippen LogP contribution is -2.29. The van der Waals surface area contributed by atoms with Crippen LogP contribution in [0.1, 0.15) is 18.4 Å². The first-order chi connectivity index (χ1) is 11.6. The summed E-state index contributed by atoms with van der Waals surface area (Å²) in [6.45, 7) is 0.825. The maximum absolute atomic E-state index is 10.4. The number of anilines is 1. The van der Waals surface area contributed by atoms with Crippen molar-refractivity contribution < 1.29 is 13.8 Å². The third-order valence-electron chi connectivity index (χ3n) is 4.04. The van der Waals surface area contributed by atoms with Gasteiger partial charge in [0.25, 0.3) is 0 Å². The predicted molar refractivity (Wildman–Crippen MR) is 92.8 cm³/mol.